The van der Waals surface area contributed by atoms with Gasteiger partial charge in [-0.15, -0.1) is 0 Å². The third kappa shape index (κ3) is 3.18. The summed E-state index contributed by atoms with van der Waals surface area (Å²) in [6, 6.07) is 0.194. The van der Waals surface area contributed by atoms with Gasteiger partial charge in [-0.25, -0.2) is 0 Å². The molecule has 0 rings (SSSR count). The zero-order valence-electron chi connectivity index (χ0n) is 7.01. The third-order valence-corrected chi connectivity index (χ3v) is 1.99. The first kappa shape index (κ1) is 9.92. The van der Waals surface area contributed by atoms with Gasteiger partial charge in [0.25, 0.3) is 0 Å². The van der Waals surface area contributed by atoms with Gasteiger partial charge in [0, 0.05) is 12.6 Å². The Morgan fingerprint density at radius 2 is 2.00 bits per heavy atom. The van der Waals surface area contributed by atoms with E-state index in [9.17, 15) is 0 Å². The molecule has 0 aliphatic carbocycles. The summed E-state index contributed by atoms with van der Waals surface area (Å²) in [5, 5.41) is 8.84. The molecule has 0 spiro atoms. The second kappa shape index (κ2) is 5.69. The first-order valence-corrected chi connectivity index (χ1v) is 4.12. The van der Waals surface area contributed by atoms with Gasteiger partial charge in [-0.3, -0.25) is 0 Å². The number of aliphatic hydroxyl groups is 1. The van der Waals surface area contributed by atoms with Gasteiger partial charge < -0.3 is 10.8 Å². The van der Waals surface area contributed by atoms with E-state index in [0.29, 0.717) is 5.92 Å². The maximum absolute atomic E-state index is 8.84. The molecule has 2 heteroatoms. The average molecular weight is 145 g/mol. The molecule has 0 aromatic heterocycles. The van der Waals surface area contributed by atoms with Crippen LogP contribution in [0.5, 0.6) is 0 Å². The van der Waals surface area contributed by atoms with Gasteiger partial charge in [-0.05, 0) is 18.8 Å². The smallest absolute Gasteiger partial charge is 0.0473 e. The monoisotopic (exact) mass is 145 g/mol. The molecule has 0 aliphatic heterocycles. The van der Waals surface area contributed by atoms with Crippen LogP contribution in [0.1, 0.15) is 33.1 Å². The second-order valence-corrected chi connectivity index (χ2v) is 2.80. The Labute approximate surface area is 63.4 Å². The van der Waals surface area contributed by atoms with E-state index in [2.05, 4.69) is 13.8 Å². The van der Waals surface area contributed by atoms with E-state index in [1.807, 2.05) is 0 Å². The van der Waals surface area contributed by atoms with Crippen LogP contribution in [0, 0.1) is 5.92 Å². The maximum Gasteiger partial charge on any atom is 0.0473 e. The van der Waals surface area contributed by atoms with Crippen LogP contribution in [0.3, 0.4) is 0 Å². The Morgan fingerprint density at radius 3 is 2.30 bits per heavy atom. The summed E-state index contributed by atoms with van der Waals surface area (Å²) in [7, 11) is 0. The SMILES string of the molecule is CCC[C@@H](N)[C@@H](CC)CO. The molecule has 0 bridgehead atoms. The van der Waals surface area contributed by atoms with Crippen molar-refractivity contribution in [3.63, 3.8) is 0 Å². The van der Waals surface area contributed by atoms with Crippen molar-refractivity contribution in [3.8, 4) is 0 Å². The summed E-state index contributed by atoms with van der Waals surface area (Å²) in [5.41, 5.74) is 5.79. The normalized spacial score (nSPS) is 16.8. The van der Waals surface area contributed by atoms with Gasteiger partial charge in [-0.1, -0.05) is 20.3 Å². The second-order valence-electron chi connectivity index (χ2n) is 2.80. The lowest BCUT2D eigenvalue weighted by Gasteiger charge is -2.19. The molecule has 2 nitrogen and oxygen atoms in total. The van der Waals surface area contributed by atoms with Crippen molar-refractivity contribution in [2.75, 3.05) is 6.61 Å². The number of nitrogens with two attached hydrogens (primary N) is 1. The highest BCUT2D eigenvalue weighted by Gasteiger charge is 2.12. The van der Waals surface area contributed by atoms with Gasteiger partial charge in [-0.2, -0.15) is 0 Å². The quantitative estimate of drug-likeness (QED) is 0.609. The van der Waals surface area contributed by atoms with Crippen molar-refractivity contribution in [3.05, 3.63) is 0 Å². The summed E-state index contributed by atoms with van der Waals surface area (Å²) < 4.78 is 0. The molecule has 0 aromatic carbocycles. The summed E-state index contributed by atoms with van der Waals surface area (Å²) in [5.74, 6) is 0.306. The summed E-state index contributed by atoms with van der Waals surface area (Å²) in [4.78, 5) is 0. The largest absolute Gasteiger partial charge is 0.396 e. The lowest BCUT2D eigenvalue weighted by Crippen LogP contribution is -2.31. The van der Waals surface area contributed by atoms with Crippen molar-refractivity contribution < 1.29 is 5.11 Å². The van der Waals surface area contributed by atoms with E-state index >= 15 is 0 Å². The summed E-state index contributed by atoms with van der Waals surface area (Å²) >= 11 is 0. The standard InChI is InChI=1S/C8H19NO/c1-3-5-8(9)7(4-2)6-10/h7-8,10H,3-6,9H2,1-2H3/t7-,8+/m0/s1. The Morgan fingerprint density at radius 1 is 1.40 bits per heavy atom. The van der Waals surface area contributed by atoms with E-state index in [1.165, 1.54) is 0 Å². The number of aliphatic hydroxyl groups excluding tert-OH is 1. The minimum Gasteiger partial charge on any atom is -0.396 e. The Bertz CT molecular complexity index is 71.7. The van der Waals surface area contributed by atoms with Crippen molar-refractivity contribution in [2.24, 2.45) is 11.7 Å². The van der Waals surface area contributed by atoms with Gasteiger partial charge >= 0.3 is 0 Å². The molecule has 62 valence electrons. The molecular weight excluding hydrogens is 126 g/mol. The Balaban J connectivity index is 3.53. The van der Waals surface area contributed by atoms with Gasteiger partial charge in [0.05, 0.1) is 0 Å². The molecule has 0 aliphatic rings. The molecule has 0 fully saturated rings. The lowest BCUT2D eigenvalue weighted by molar-refractivity contribution is 0.196. The zero-order chi connectivity index (χ0) is 7.98. The first-order chi connectivity index (χ1) is 4.76. The third-order valence-electron chi connectivity index (χ3n) is 1.99. The summed E-state index contributed by atoms with van der Waals surface area (Å²) in [6.45, 7) is 4.41. The van der Waals surface area contributed by atoms with Crippen molar-refractivity contribution in [1.29, 1.82) is 0 Å². The molecule has 0 radical (unpaired) electrons. The lowest BCUT2D eigenvalue weighted by atomic mass is 9.95. The number of rotatable bonds is 5. The van der Waals surface area contributed by atoms with E-state index in [-0.39, 0.29) is 12.6 Å². The van der Waals surface area contributed by atoms with Crippen molar-refractivity contribution >= 4 is 0 Å². The van der Waals surface area contributed by atoms with E-state index in [1.54, 1.807) is 0 Å². The molecule has 0 amide bonds. The fourth-order valence-corrected chi connectivity index (χ4v) is 1.14. The molecule has 0 saturated carbocycles. The van der Waals surface area contributed by atoms with E-state index in [0.717, 1.165) is 19.3 Å². The molecule has 0 saturated heterocycles. The van der Waals surface area contributed by atoms with Crippen LogP contribution in [-0.4, -0.2) is 17.8 Å². The van der Waals surface area contributed by atoms with Crippen LogP contribution < -0.4 is 5.73 Å². The number of hydrogen-bond acceptors (Lipinski definition) is 2. The number of hydrogen-bond donors (Lipinski definition) is 2. The highest BCUT2D eigenvalue weighted by Crippen LogP contribution is 2.09. The van der Waals surface area contributed by atoms with Gasteiger partial charge in [0.15, 0.2) is 0 Å². The van der Waals surface area contributed by atoms with Crippen LogP contribution in [-0.2, 0) is 0 Å². The predicted octanol–water partition coefficient (Wildman–Crippen LogP) is 1.13. The zero-order valence-corrected chi connectivity index (χ0v) is 7.01. The fraction of sp³-hybridized carbons (Fsp3) is 1.00. The predicted molar refractivity (Wildman–Crippen MR) is 43.8 cm³/mol. The minimum absolute atomic E-state index is 0.194. The molecule has 10 heavy (non-hydrogen) atoms. The minimum atomic E-state index is 0.194. The van der Waals surface area contributed by atoms with Crippen LogP contribution in [0.15, 0.2) is 0 Å². The summed E-state index contributed by atoms with van der Waals surface area (Å²) in [6.07, 6.45) is 3.12. The van der Waals surface area contributed by atoms with Crippen molar-refractivity contribution in [1.82, 2.24) is 0 Å². The molecular formula is C8H19NO. The van der Waals surface area contributed by atoms with Gasteiger partial charge in [0.1, 0.15) is 0 Å². The first-order valence-electron chi connectivity index (χ1n) is 4.12. The molecule has 0 aromatic rings. The Hall–Kier alpha value is -0.0800. The highest BCUT2D eigenvalue weighted by atomic mass is 16.3. The van der Waals surface area contributed by atoms with Crippen LogP contribution in [0.25, 0.3) is 0 Å². The van der Waals surface area contributed by atoms with Crippen LogP contribution in [0.2, 0.25) is 0 Å². The van der Waals surface area contributed by atoms with Crippen molar-refractivity contribution in [2.45, 2.75) is 39.2 Å². The van der Waals surface area contributed by atoms with Crippen LogP contribution in [0.4, 0.5) is 0 Å². The molecule has 0 heterocycles. The van der Waals surface area contributed by atoms with E-state index < -0.39 is 0 Å². The molecule has 0 unspecified atom stereocenters. The highest BCUT2D eigenvalue weighted by molar-refractivity contribution is 4.69. The van der Waals surface area contributed by atoms with Gasteiger partial charge in [0.2, 0.25) is 0 Å². The average Bonchev–Trinajstić information content (AvgIpc) is 1.91. The molecule has 3 N–H and O–H groups in total. The van der Waals surface area contributed by atoms with Crippen LogP contribution >= 0.6 is 0 Å². The topological polar surface area (TPSA) is 46.2 Å². The Kier molecular flexibility index (Phi) is 5.64. The van der Waals surface area contributed by atoms with E-state index in [4.69, 9.17) is 10.8 Å². The molecule has 2 atom stereocenters. The maximum atomic E-state index is 8.84. The fourth-order valence-electron chi connectivity index (χ4n) is 1.14.